The fourth-order valence-electron chi connectivity index (χ4n) is 1.73. The molecule has 0 N–H and O–H groups in total. The number of halogens is 2. The van der Waals surface area contributed by atoms with E-state index in [0.29, 0.717) is 17.1 Å². The smallest absolute Gasteiger partial charge is 0.374 e. The van der Waals surface area contributed by atoms with Crippen LogP contribution >= 0.6 is 23.2 Å². The predicted molar refractivity (Wildman–Crippen MR) is 80.8 cm³/mol. The Hall–Kier alpha value is -1.98. The first-order valence-corrected chi connectivity index (χ1v) is 7.13. The van der Waals surface area contributed by atoms with Crippen LogP contribution in [0, 0.1) is 0 Å². The van der Waals surface area contributed by atoms with E-state index in [1.165, 1.54) is 18.2 Å². The van der Waals surface area contributed by atoms with Gasteiger partial charge in [0.15, 0.2) is 6.29 Å². The van der Waals surface area contributed by atoms with Crippen LogP contribution in [0.15, 0.2) is 28.7 Å². The van der Waals surface area contributed by atoms with E-state index in [0.717, 1.165) is 0 Å². The third-order valence-corrected chi connectivity index (χ3v) is 3.16. The molecule has 0 radical (unpaired) electrons. The molecule has 0 aliphatic carbocycles. The minimum atomic E-state index is -0.549. The van der Waals surface area contributed by atoms with Crippen molar-refractivity contribution in [3.63, 3.8) is 0 Å². The molecule has 0 fully saturated rings. The second kappa shape index (κ2) is 7.33. The van der Waals surface area contributed by atoms with Gasteiger partial charge in [0.25, 0.3) is 0 Å². The van der Waals surface area contributed by atoms with Crippen LogP contribution in [0.1, 0.15) is 33.6 Å². The van der Waals surface area contributed by atoms with Gasteiger partial charge in [0, 0.05) is 5.02 Å². The maximum atomic E-state index is 11.5. The monoisotopic (exact) mass is 342 g/mol. The Morgan fingerprint density at radius 2 is 2.09 bits per heavy atom. The first kappa shape index (κ1) is 16.4. The number of carbonyl (C=O) groups is 2. The quantitative estimate of drug-likeness (QED) is 0.582. The van der Waals surface area contributed by atoms with E-state index in [-0.39, 0.29) is 35.3 Å². The first-order valence-electron chi connectivity index (χ1n) is 6.38. The Morgan fingerprint density at radius 1 is 1.32 bits per heavy atom. The van der Waals surface area contributed by atoms with Gasteiger partial charge in [-0.25, -0.2) is 4.79 Å². The lowest BCUT2D eigenvalue weighted by atomic mass is 10.2. The highest BCUT2D eigenvalue weighted by molar-refractivity contribution is 6.36. The van der Waals surface area contributed by atoms with Gasteiger partial charge in [-0.2, -0.15) is 0 Å². The second-order valence-electron chi connectivity index (χ2n) is 4.20. The molecule has 0 atom stereocenters. The zero-order chi connectivity index (χ0) is 16.1. The van der Waals surface area contributed by atoms with E-state index < -0.39 is 5.97 Å². The van der Waals surface area contributed by atoms with Gasteiger partial charge in [0.1, 0.15) is 18.1 Å². The molecule has 0 amide bonds. The summed E-state index contributed by atoms with van der Waals surface area (Å²) in [5, 5.41) is 0.550. The molecule has 2 rings (SSSR count). The van der Waals surface area contributed by atoms with Gasteiger partial charge in [0.05, 0.1) is 17.2 Å². The van der Waals surface area contributed by atoms with Crippen molar-refractivity contribution in [3.05, 3.63) is 51.4 Å². The molecule has 116 valence electrons. The van der Waals surface area contributed by atoms with Crippen molar-refractivity contribution in [2.24, 2.45) is 0 Å². The Bertz CT molecular complexity index is 693. The second-order valence-corrected chi connectivity index (χ2v) is 5.04. The highest BCUT2D eigenvalue weighted by Gasteiger charge is 2.14. The molecule has 0 saturated heterocycles. The highest BCUT2D eigenvalue weighted by Crippen LogP contribution is 2.32. The molecule has 22 heavy (non-hydrogen) atoms. The number of hydrogen-bond acceptors (Lipinski definition) is 5. The van der Waals surface area contributed by atoms with Gasteiger partial charge in [-0.05, 0) is 31.2 Å². The Labute approximate surface area is 136 Å². The number of furan rings is 1. The van der Waals surface area contributed by atoms with Crippen molar-refractivity contribution in [2.45, 2.75) is 13.5 Å². The molecule has 7 heteroatoms. The van der Waals surface area contributed by atoms with Crippen LogP contribution in [0.4, 0.5) is 0 Å². The van der Waals surface area contributed by atoms with Crippen molar-refractivity contribution in [1.29, 1.82) is 0 Å². The van der Waals surface area contributed by atoms with Crippen molar-refractivity contribution >= 4 is 35.5 Å². The lowest BCUT2D eigenvalue weighted by molar-refractivity contribution is 0.0486. The summed E-state index contributed by atoms with van der Waals surface area (Å²) in [5.74, 6) is 0.131. The van der Waals surface area contributed by atoms with Crippen molar-refractivity contribution in [3.8, 4) is 5.75 Å². The summed E-state index contributed by atoms with van der Waals surface area (Å²) in [6.07, 6.45) is 0.597. The Balaban J connectivity index is 2.11. The Kier molecular flexibility index (Phi) is 5.46. The SMILES string of the molecule is CCOC(=O)c1ccc(COc2c(Cl)cc(Cl)cc2C=O)o1. The summed E-state index contributed by atoms with van der Waals surface area (Å²) in [4.78, 5) is 22.5. The number of benzene rings is 1. The fraction of sp³-hybridized carbons (Fsp3) is 0.200. The summed E-state index contributed by atoms with van der Waals surface area (Å²) in [6.45, 7) is 1.96. The van der Waals surface area contributed by atoms with Crippen molar-refractivity contribution in [2.75, 3.05) is 6.61 Å². The lowest BCUT2D eigenvalue weighted by Gasteiger charge is -2.09. The van der Waals surface area contributed by atoms with E-state index in [4.69, 9.17) is 37.1 Å². The molecule has 2 aromatic rings. The largest absolute Gasteiger partial charge is 0.483 e. The molecule has 1 heterocycles. The summed E-state index contributed by atoms with van der Waals surface area (Å²) in [5.41, 5.74) is 0.231. The van der Waals surface area contributed by atoms with Crippen LogP contribution in [0.25, 0.3) is 0 Å². The maximum Gasteiger partial charge on any atom is 0.374 e. The average Bonchev–Trinajstić information content (AvgIpc) is 2.94. The predicted octanol–water partition coefficient (Wildman–Crippen LogP) is 4.15. The number of esters is 1. The van der Waals surface area contributed by atoms with E-state index in [1.54, 1.807) is 13.0 Å². The number of hydrogen-bond donors (Lipinski definition) is 0. The summed E-state index contributed by atoms with van der Waals surface area (Å²) in [7, 11) is 0. The first-order chi connectivity index (χ1) is 10.5. The zero-order valence-corrected chi connectivity index (χ0v) is 13.1. The average molecular weight is 343 g/mol. The van der Waals surface area contributed by atoms with Gasteiger partial charge >= 0.3 is 5.97 Å². The van der Waals surface area contributed by atoms with Crippen LogP contribution in [0.3, 0.4) is 0 Å². The number of carbonyl (C=O) groups excluding carboxylic acids is 2. The van der Waals surface area contributed by atoms with Crippen LogP contribution in [-0.2, 0) is 11.3 Å². The zero-order valence-electron chi connectivity index (χ0n) is 11.6. The number of ether oxygens (including phenoxy) is 2. The van der Waals surface area contributed by atoms with Gasteiger partial charge in [-0.3, -0.25) is 4.79 Å². The maximum absolute atomic E-state index is 11.5. The van der Waals surface area contributed by atoms with Crippen LogP contribution < -0.4 is 4.74 Å². The van der Waals surface area contributed by atoms with E-state index in [1.807, 2.05) is 0 Å². The standard InChI is InChI=1S/C15H12Cl2O5/c1-2-20-15(19)13-4-3-11(22-13)8-21-14-9(7-18)5-10(16)6-12(14)17/h3-7H,2,8H2,1H3. The molecule has 1 aromatic heterocycles. The minimum Gasteiger partial charge on any atom is -0.483 e. The Morgan fingerprint density at radius 3 is 2.77 bits per heavy atom. The molecule has 0 saturated carbocycles. The molecule has 0 aliphatic heterocycles. The summed E-state index contributed by atoms with van der Waals surface area (Å²) < 4.78 is 15.6. The molecular formula is C15H12Cl2O5. The molecular weight excluding hydrogens is 331 g/mol. The van der Waals surface area contributed by atoms with Gasteiger partial charge in [-0.1, -0.05) is 23.2 Å². The van der Waals surface area contributed by atoms with Crippen molar-refractivity contribution < 1.29 is 23.5 Å². The number of aldehydes is 1. The summed E-state index contributed by atoms with van der Waals surface area (Å²) in [6, 6.07) is 5.98. The van der Waals surface area contributed by atoms with Gasteiger partial charge < -0.3 is 13.9 Å². The molecule has 0 aliphatic rings. The van der Waals surface area contributed by atoms with E-state index in [2.05, 4.69) is 0 Å². The third-order valence-electron chi connectivity index (χ3n) is 2.66. The molecule has 1 aromatic carbocycles. The normalized spacial score (nSPS) is 10.3. The van der Waals surface area contributed by atoms with Crippen LogP contribution in [0.2, 0.25) is 10.0 Å². The van der Waals surface area contributed by atoms with Crippen LogP contribution in [0.5, 0.6) is 5.75 Å². The van der Waals surface area contributed by atoms with Crippen molar-refractivity contribution in [1.82, 2.24) is 0 Å². The van der Waals surface area contributed by atoms with Crippen LogP contribution in [-0.4, -0.2) is 18.9 Å². The van der Waals surface area contributed by atoms with E-state index >= 15 is 0 Å². The van der Waals surface area contributed by atoms with Gasteiger partial charge in [-0.15, -0.1) is 0 Å². The molecule has 0 bridgehead atoms. The molecule has 0 unspecified atom stereocenters. The summed E-state index contributed by atoms with van der Waals surface area (Å²) >= 11 is 11.8. The lowest BCUT2D eigenvalue weighted by Crippen LogP contribution is -2.03. The van der Waals surface area contributed by atoms with Gasteiger partial charge in [0.2, 0.25) is 5.76 Å². The number of rotatable bonds is 6. The molecule has 5 nitrogen and oxygen atoms in total. The molecule has 0 spiro atoms. The van der Waals surface area contributed by atoms with E-state index in [9.17, 15) is 9.59 Å². The fourth-order valence-corrected chi connectivity index (χ4v) is 2.29. The third kappa shape index (κ3) is 3.81. The minimum absolute atomic E-state index is 0.00158. The highest BCUT2D eigenvalue weighted by atomic mass is 35.5. The topological polar surface area (TPSA) is 65.7 Å².